The van der Waals surface area contributed by atoms with Crippen molar-refractivity contribution in [3.63, 3.8) is 0 Å². The van der Waals surface area contributed by atoms with Gasteiger partial charge in [0.25, 0.3) is 5.91 Å². The zero-order chi connectivity index (χ0) is 18.8. The predicted octanol–water partition coefficient (Wildman–Crippen LogP) is 2.96. The fourth-order valence-corrected chi connectivity index (χ4v) is 2.64. The number of fused-ring (bicyclic) bond motifs is 1. The highest BCUT2D eigenvalue weighted by Gasteiger charge is 2.20. The van der Waals surface area contributed by atoms with Crippen LogP contribution in [0.2, 0.25) is 0 Å². The summed E-state index contributed by atoms with van der Waals surface area (Å²) in [5, 5.41) is 9.96. The van der Waals surface area contributed by atoms with E-state index in [9.17, 15) is 18.7 Å². The van der Waals surface area contributed by atoms with Crippen molar-refractivity contribution in [2.24, 2.45) is 0 Å². The number of amides is 1. The minimum atomic E-state index is -1.08. The van der Waals surface area contributed by atoms with Crippen molar-refractivity contribution >= 4 is 28.6 Å². The Kier molecular flexibility index (Phi) is 4.81. The van der Waals surface area contributed by atoms with E-state index in [1.807, 2.05) is 0 Å². The van der Waals surface area contributed by atoms with E-state index in [-0.39, 0.29) is 17.7 Å². The SMILES string of the molecule is CN(C)C(=O)C(=Cc1c[nH]c2ncc(CO)cc12)c1cccc(F)c1F. The van der Waals surface area contributed by atoms with E-state index in [0.29, 0.717) is 22.2 Å². The van der Waals surface area contributed by atoms with Crippen LogP contribution in [0, 0.1) is 11.6 Å². The molecule has 5 nitrogen and oxygen atoms in total. The molecule has 0 aliphatic rings. The molecule has 0 spiro atoms. The molecule has 2 heterocycles. The highest BCUT2D eigenvalue weighted by atomic mass is 19.2. The summed E-state index contributed by atoms with van der Waals surface area (Å²) in [5.41, 5.74) is 1.64. The highest BCUT2D eigenvalue weighted by molar-refractivity contribution is 6.24. The number of hydrogen-bond donors (Lipinski definition) is 2. The average Bonchev–Trinajstić information content (AvgIpc) is 3.03. The molecule has 0 bridgehead atoms. The number of carbonyl (C=O) groups excluding carboxylic acids is 1. The minimum absolute atomic E-state index is 0.0160. The summed E-state index contributed by atoms with van der Waals surface area (Å²) in [6.45, 7) is -0.181. The topological polar surface area (TPSA) is 69.2 Å². The molecule has 3 aromatic rings. The highest BCUT2D eigenvalue weighted by Crippen LogP contribution is 2.27. The second-order valence-electron chi connectivity index (χ2n) is 6.00. The lowest BCUT2D eigenvalue weighted by molar-refractivity contribution is -0.122. The quantitative estimate of drug-likeness (QED) is 0.706. The Balaban J connectivity index is 2.22. The molecule has 0 atom stereocenters. The number of H-pyrrole nitrogens is 1. The maximum atomic E-state index is 14.3. The van der Waals surface area contributed by atoms with Gasteiger partial charge in [0.2, 0.25) is 0 Å². The molecule has 3 rings (SSSR count). The molecule has 2 N–H and O–H groups in total. The van der Waals surface area contributed by atoms with E-state index in [0.717, 1.165) is 6.07 Å². The van der Waals surface area contributed by atoms with Gasteiger partial charge in [-0.25, -0.2) is 13.8 Å². The van der Waals surface area contributed by atoms with Crippen LogP contribution in [0.4, 0.5) is 8.78 Å². The van der Waals surface area contributed by atoms with Gasteiger partial charge in [-0.05, 0) is 23.8 Å². The maximum absolute atomic E-state index is 14.3. The number of aromatic nitrogens is 2. The predicted molar refractivity (Wildman–Crippen MR) is 94.9 cm³/mol. The molecule has 0 fully saturated rings. The van der Waals surface area contributed by atoms with Gasteiger partial charge < -0.3 is 15.0 Å². The molecule has 134 valence electrons. The number of nitrogens with one attached hydrogen (secondary N) is 1. The molecule has 2 aromatic heterocycles. The first-order valence-electron chi connectivity index (χ1n) is 7.87. The second kappa shape index (κ2) is 7.05. The Bertz CT molecular complexity index is 1010. The number of hydrogen-bond acceptors (Lipinski definition) is 3. The van der Waals surface area contributed by atoms with Crippen LogP contribution in [0.25, 0.3) is 22.7 Å². The lowest BCUT2D eigenvalue weighted by Crippen LogP contribution is -2.23. The van der Waals surface area contributed by atoms with Crippen LogP contribution >= 0.6 is 0 Å². The second-order valence-corrected chi connectivity index (χ2v) is 6.00. The summed E-state index contributed by atoms with van der Waals surface area (Å²) in [4.78, 5) is 21.0. The molecule has 0 aliphatic heterocycles. The van der Waals surface area contributed by atoms with Gasteiger partial charge in [-0.1, -0.05) is 12.1 Å². The van der Waals surface area contributed by atoms with Crippen LogP contribution in [0.1, 0.15) is 16.7 Å². The summed E-state index contributed by atoms with van der Waals surface area (Å²) in [6.07, 6.45) is 4.64. The van der Waals surface area contributed by atoms with Gasteiger partial charge in [0.05, 0.1) is 12.2 Å². The number of likely N-dealkylation sites (N-methyl/N-ethyl adjacent to an activating group) is 1. The van der Waals surface area contributed by atoms with Crippen LogP contribution in [0.15, 0.2) is 36.7 Å². The fraction of sp³-hybridized carbons (Fsp3) is 0.158. The Labute approximate surface area is 148 Å². The van der Waals surface area contributed by atoms with Crippen molar-refractivity contribution < 1.29 is 18.7 Å². The zero-order valence-corrected chi connectivity index (χ0v) is 14.3. The van der Waals surface area contributed by atoms with E-state index >= 15 is 0 Å². The van der Waals surface area contributed by atoms with Crippen LogP contribution in [-0.4, -0.2) is 40.0 Å². The molecular formula is C19H17F2N3O2. The molecule has 26 heavy (non-hydrogen) atoms. The van der Waals surface area contributed by atoms with Crippen molar-refractivity contribution in [2.75, 3.05) is 14.1 Å². The summed E-state index contributed by atoms with van der Waals surface area (Å²) in [5.74, 6) is -2.57. The average molecular weight is 357 g/mol. The molecule has 7 heteroatoms. The Morgan fingerprint density at radius 1 is 1.35 bits per heavy atom. The number of pyridine rings is 1. The van der Waals surface area contributed by atoms with Gasteiger partial charge in [-0.2, -0.15) is 0 Å². The summed E-state index contributed by atoms with van der Waals surface area (Å²) < 4.78 is 28.0. The zero-order valence-electron chi connectivity index (χ0n) is 14.3. The van der Waals surface area contributed by atoms with Gasteiger partial charge in [0.15, 0.2) is 11.6 Å². The number of aliphatic hydroxyl groups excluding tert-OH is 1. The monoisotopic (exact) mass is 357 g/mol. The third-order valence-electron chi connectivity index (χ3n) is 3.98. The molecule has 0 saturated heterocycles. The molecule has 0 saturated carbocycles. The van der Waals surface area contributed by atoms with Crippen molar-refractivity contribution in [3.05, 3.63) is 65.0 Å². The van der Waals surface area contributed by atoms with Crippen molar-refractivity contribution in [1.29, 1.82) is 0 Å². The number of aliphatic hydroxyl groups is 1. The number of carbonyl (C=O) groups is 1. The number of rotatable bonds is 4. The van der Waals surface area contributed by atoms with Crippen LogP contribution < -0.4 is 0 Å². The first-order chi connectivity index (χ1) is 12.4. The van der Waals surface area contributed by atoms with E-state index in [4.69, 9.17) is 0 Å². The normalized spacial score (nSPS) is 11.8. The number of benzene rings is 1. The summed E-state index contributed by atoms with van der Waals surface area (Å²) in [7, 11) is 3.07. The number of halogens is 2. The number of nitrogens with zero attached hydrogens (tertiary/aromatic N) is 2. The van der Waals surface area contributed by atoms with Crippen molar-refractivity contribution in [3.8, 4) is 0 Å². The molecule has 0 unspecified atom stereocenters. The fourth-order valence-electron chi connectivity index (χ4n) is 2.64. The molecule has 0 radical (unpaired) electrons. The summed E-state index contributed by atoms with van der Waals surface area (Å²) in [6, 6.07) is 5.44. The van der Waals surface area contributed by atoms with E-state index in [1.165, 1.54) is 43.4 Å². The molecule has 1 aromatic carbocycles. The van der Waals surface area contributed by atoms with Gasteiger partial charge in [-0.15, -0.1) is 0 Å². The van der Waals surface area contributed by atoms with Crippen molar-refractivity contribution in [1.82, 2.24) is 14.9 Å². The Hall–Kier alpha value is -3.06. The van der Waals surface area contributed by atoms with Crippen LogP contribution in [0.5, 0.6) is 0 Å². The van der Waals surface area contributed by atoms with Gasteiger partial charge >= 0.3 is 0 Å². The van der Waals surface area contributed by atoms with Gasteiger partial charge in [0.1, 0.15) is 5.65 Å². The molecule has 1 amide bonds. The lowest BCUT2D eigenvalue weighted by Gasteiger charge is -2.14. The Morgan fingerprint density at radius 3 is 2.81 bits per heavy atom. The van der Waals surface area contributed by atoms with Gasteiger partial charge in [0, 0.05) is 43.0 Å². The third-order valence-corrected chi connectivity index (χ3v) is 3.98. The number of aromatic amines is 1. The Morgan fingerprint density at radius 2 is 2.12 bits per heavy atom. The first-order valence-corrected chi connectivity index (χ1v) is 7.87. The lowest BCUT2D eigenvalue weighted by atomic mass is 10.0. The molecular weight excluding hydrogens is 340 g/mol. The largest absolute Gasteiger partial charge is 0.392 e. The minimum Gasteiger partial charge on any atom is -0.392 e. The smallest absolute Gasteiger partial charge is 0.254 e. The molecule has 0 aliphatic carbocycles. The van der Waals surface area contributed by atoms with Crippen molar-refractivity contribution in [2.45, 2.75) is 6.61 Å². The maximum Gasteiger partial charge on any atom is 0.254 e. The first kappa shape index (κ1) is 17.8. The van der Waals surface area contributed by atoms with E-state index in [2.05, 4.69) is 9.97 Å². The van der Waals surface area contributed by atoms with Crippen LogP contribution in [-0.2, 0) is 11.4 Å². The van der Waals surface area contributed by atoms with E-state index < -0.39 is 17.5 Å². The standard InChI is InChI=1S/C19H17F2N3O2/c1-24(2)19(26)15(13-4-3-5-16(20)17(13)21)7-12-9-23-18-14(12)6-11(10-25)8-22-18/h3-9,25H,10H2,1-2H3,(H,22,23). The van der Waals surface area contributed by atoms with Crippen LogP contribution in [0.3, 0.4) is 0 Å². The van der Waals surface area contributed by atoms with Gasteiger partial charge in [-0.3, -0.25) is 4.79 Å². The third kappa shape index (κ3) is 3.21. The van der Waals surface area contributed by atoms with E-state index in [1.54, 1.807) is 12.3 Å². The summed E-state index contributed by atoms with van der Waals surface area (Å²) >= 11 is 0.